The molecule has 1 aliphatic carbocycles. The molecular formula is C22H29Cl2F2N3O3. The molecule has 0 radical (unpaired) electrons. The second kappa shape index (κ2) is 10.5. The minimum Gasteiger partial charge on any atom is -0.453 e. The maximum atomic E-state index is 14.0. The number of piperazine rings is 1. The van der Waals surface area contributed by atoms with Crippen molar-refractivity contribution >= 4 is 36.0 Å². The molecule has 0 unspecified atom stereocenters. The number of benzene rings is 1. The Kier molecular flexibility index (Phi) is 8.22. The summed E-state index contributed by atoms with van der Waals surface area (Å²) in [7, 11) is 1.36. The molecule has 4 rings (SSSR count). The molecule has 0 N–H and O–H groups in total. The Hall–Kier alpha value is -1.64. The average Bonchev–Trinajstić information content (AvgIpc) is 3.20. The van der Waals surface area contributed by atoms with Crippen molar-refractivity contribution in [3.63, 3.8) is 0 Å². The SMILES string of the molecule is COC(=O)N1CCN(C(=O)Cc2ccc(F)c(Cl)c2)[C@@H]2[C@@H](N3CC[C@H](F)C3)CCC[C@@H]21.Cl. The zero-order valence-electron chi connectivity index (χ0n) is 18.0. The Morgan fingerprint density at radius 3 is 2.50 bits per heavy atom. The van der Waals surface area contributed by atoms with Gasteiger partial charge in [0.25, 0.3) is 0 Å². The molecule has 2 saturated heterocycles. The van der Waals surface area contributed by atoms with Gasteiger partial charge in [0.1, 0.15) is 12.0 Å². The number of likely N-dealkylation sites (tertiary alicyclic amines) is 1. The highest BCUT2D eigenvalue weighted by Crippen LogP contribution is 2.36. The molecule has 1 saturated carbocycles. The van der Waals surface area contributed by atoms with Crippen molar-refractivity contribution in [1.29, 1.82) is 0 Å². The molecule has 2 amide bonds. The van der Waals surface area contributed by atoms with Gasteiger partial charge in [0, 0.05) is 32.2 Å². The van der Waals surface area contributed by atoms with Crippen LogP contribution in [0.4, 0.5) is 13.6 Å². The molecule has 10 heteroatoms. The summed E-state index contributed by atoms with van der Waals surface area (Å²) >= 11 is 5.89. The fraction of sp³-hybridized carbons (Fsp3) is 0.636. The van der Waals surface area contributed by atoms with E-state index >= 15 is 0 Å². The van der Waals surface area contributed by atoms with Crippen LogP contribution in [0.5, 0.6) is 0 Å². The van der Waals surface area contributed by atoms with E-state index in [4.69, 9.17) is 16.3 Å². The number of methoxy groups -OCH3 is 1. The van der Waals surface area contributed by atoms with E-state index in [1.807, 2.05) is 4.90 Å². The van der Waals surface area contributed by atoms with Crippen molar-refractivity contribution in [3.05, 3.63) is 34.6 Å². The first-order valence-electron chi connectivity index (χ1n) is 10.8. The van der Waals surface area contributed by atoms with Gasteiger partial charge in [-0.1, -0.05) is 17.7 Å². The summed E-state index contributed by atoms with van der Waals surface area (Å²) in [4.78, 5) is 31.5. The van der Waals surface area contributed by atoms with Crippen LogP contribution >= 0.6 is 24.0 Å². The Morgan fingerprint density at radius 2 is 1.84 bits per heavy atom. The third-order valence-corrected chi connectivity index (χ3v) is 7.12. The van der Waals surface area contributed by atoms with E-state index < -0.39 is 18.1 Å². The smallest absolute Gasteiger partial charge is 0.409 e. The highest BCUT2D eigenvalue weighted by Gasteiger charge is 2.49. The molecule has 3 fully saturated rings. The zero-order chi connectivity index (χ0) is 22.1. The maximum Gasteiger partial charge on any atom is 0.409 e. The number of carbonyl (C=O) groups excluding carboxylic acids is 2. The number of hydrogen-bond donors (Lipinski definition) is 0. The number of carbonyl (C=O) groups is 2. The Balaban J connectivity index is 0.00000289. The van der Waals surface area contributed by atoms with E-state index in [2.05, 4.69) is 4.90 Å². The van der Waals surface area contributed by atoms with Gasteiger partial charge in [0.05, 0.1) is 30.6 Å². The van der Waals surface area contributed by atoms with E-state index in [-0.39, 0.29) is 47.9 Å². The molecule has 6 nitrogen and oxygen atoms in total. The predicted molar refractivity (Wildman–Crippen MR) is 119 cm³/mol. The standard InChI is InChI=1S/C22H28ClF2N3O3.ClH/c1-31-22(30)27-9-10-28(20(29)12-14-5-6-17(25)16(23)11-14)21-18(3-2-4-19(21)27)26-8-7-15(24)13-26;/h5-6,11,15,18-19,21H,2-4,7-10,12-13H2,1H3;1H/t15-,18-,19-,21+;/m0./s1. The fourth-order valence-electron chi connectivity index (χ4n) is 5.42. The molecule has 178 valence electrons. The molecule has 2 heterocycles. The van der Waals surface area contributed by atoms with Crippen LogP contribution in [-0.2, 0) is 16.0 Å². The van der Waals surface area contributed by atoms with Crippen LogP contribution in [0, 0.1) is 5.82 Å². The molecular weight excluding hydrogens is 463 g/mol. The van der Waals surface area contributed by atoms with Crippen LogP contribution < -0.4 is 0 Å². The van der Waals surface area contributed by atoms with Crippen LogP contribution in [0.2, 0.25) is 5.02 Å². The van der Waals surface area contributed by atoms with Gasteiger partial charge < -0.3 is 14.5 Å². The zero-order valence-corrected chi connectivity index (χ0v) is 19.6. The lowest BCUT2D eigenvalue weighted by molar-refractivity contribution is -0.141. The van der Waals surface area contributed by atoms with Crippen LogP contribution in [0.3, 0.4) is 0 Å². The van der Waals surface area contributed by atoms with Crippen LogP contribution in [0.25, 0.3) is 0 Å². The van der Waals surface area contributed by atoms with Crippen molar-refractivity contribution in [2.45, 2.75) is 56.4 Å². The predicted octanol–water partition coefficient (Wildman–Crippen LogP) is 3.69. The van der Waals surface area contributed by atoms with Crippen LogP contribution in [-0.4, -0.2) is 84.3 Å². The minimum absolute atomic E-state index is 0. The van der Waals surface area contributed by atoms with Gasteiger partial charge >= 0.3 is 6.09 Å². The summed E-state index contributed by atoms with van der Waals surface area (Å²) in [6.07, 6.45) is 1.88. The number of amides is 2. The molecule has 2 aliphatic heterocycles. The van der Waals surface area contributed by atoms with E-state index in [0.717, 1.165) is 19.3 Å². The summed E-state index contributed by atoms with van der Waals surface area (Å²) in [6, 6.07) is 3.90. The van der Waals surface area contributed by atoms with E-state index in [0.29, 0.717) is 38.2 Å². The molecule has 3 aliphatic rings. The second-order valence-corrected chi connectivity index (χ2v) is 9.02. The number of rotatable bonds is 3. The lowest BCUT2D eigenvalue weighted by Crippen LogP contribution is -2.69. The normalized spacial score (nSPS) is 28.1. The summed E-state index contributed by atoms with van der Waals surface area (Å²) < 4.78 is 32.5. The summed E-state index contributed by atoms with van der Waals surface area (Å²) in [5, 5.41) is -0.0136. The Bertz CT molecular complexity index is 847. The van der Waals surface area contributed by atoms with Gasteiger partial charge in [-0.3, -0.25) is 9.69 Å². The van der Waals surface area contributed by atoms with Crippen molar-refractivity contribution in [2.75, 3.05) is 33.3 Å². The van der Waals surface area contributed by atoms with Gasteiger partial charge in [-0.05, 0) is 43.4 Å². The molecule has 0 bridgehead atoms. The lowest BCUT2D eigenvalue weighted by Gasteiger charge is -2.54. The van der Waals surface area contributed by atoms with Crippen molar-refractivity contribution in [1.82, 2.24) is 14.7 Å². The molecule has 4 atom stereocenters. The molecule has 1 aromatic rings. The number of alkyl halides is 1. The van der Waals surface area contributed by atoms with E-state index in [1.54, 1.807) is 11.0 Å². The van der Waals surface area contributed by atoms with E-state index in [1.165, 1.54) is 19.2 Å². The third-order valence-electron chi connectivity index (χ3n) is 6.83. The third kappa shape index (κ3) is 4.97. The van der Waals surface area contributed by atoms with Crippen molar-refractivity contribution < 1.29 is 23.1 Å². The molecule has 1 aromatic carbocycles. The molecule has 0 spiro atoms. The number of ether oxygens (including phenoxy) is 1. The van der Waals surface area contributed by atoms with Crippen molar-refractivity contribution in [3.8, 4) is 0 Å². The number of fused-ring (bicyclic) bond motifs is 1. The first-order chi connectivity index (χ1) is 14.9. The topological polar surface area (TPSA) is 53.1 Å². The molecule has 32 heavy (non-hydrogen) atoms. The highest BCUT2D eigenvalue weighted by molar-refractivity contribution is 6.30. The number of halogens is 4. The maximum absolute atomic E-state index is 14.0. The molecule has 0 aromatic heterocycles. The first kappa shape index (κ1) is 25.0. The monoisotopic (exact) mass is 491 g/mol. The summed E-state index contributed by atoms with van der Waals surface area (Å²) in [6.45, 7) is 1.79. The largest absolute Gasteiger partial charge is 0.453 e. The first-order valence-corrected chi connectivity index (χ1v) is 11.2. The minimum atomic E-state index is -0.855. The van der Waals surface area contributed by atoms with Gasteiger partial charge in [0.15, 0.2) is 0 Å². The average molecular weight is 492 g/mol. The number of nitrogens with zero attached hydrogens (tertiary/aromatic N) is 3. The number of hydrogen-bond acceptors (Lipinski definition) is 4. The summed E-state index contributed by atoms with van der Waals surface area (Å²) in [5.74, 6) is -0.614. The van der Waals surface area contributed by atoms with E-state index in [9.17, 15) is 18.4 Å². The van der Waals surface area contributed by atoms with Crippen LogP contribution in [0.15, 0.2) is 18.2 Å². The van der Waals surface area contributed by atoms with Gasteiger partial charge in [0.2, 0.25) is 5.91 Å². The summed E-state index contributed by atoms with van der Waals surface area (Å²) in [5.41, 5.74) is 0.640. The Labute approximate surface area is 198 Å². The van der Waals surface area contributed by atoms with Gasteiger partial charge in [-0.2, -0.15) is 0 Å². The fourth-order valence-corrected chi connectivity index (χ4v) is 5.63. The quantitative estimate of drug-likeness (QED) is 0.646. The van der Waals surface area contributed by atoms with Crippen molar-refractivity contribution in [2.24, 2.45) is 0 Å². The van der Waals surface area contributed by atoms with Gasteiger partial charge in [-0.25, -0.2) is 13.6 Å². The highest BCUT2D eigenvalue weighted by atomic mass is 35.5. The van der Waals surface area contributed by atoms with Crippen LogP contribution in [0.1, 0.15) is 31.2 Å². The Morgan fingerprint density at radius 1 is 1.12 bits per heavy atom. The van der Waals surface area contributed by atoms with Gasteiger partial charge in [-0.15, -0.1) is 12.4 Å². The second-order valence-electron chi connectivity index (χ2n) is 8.61. The lowest BCUT2D eigenvalue weighted by atomic mass is 9.81.